The number of hydrogen-bond donors (Lipinski definition) is 0. The maximum Gasteiger partial charge on any atom is 0.0907 e. The predicted molar refractivity (Wildman–Crippen MR) is 77.1 cm³/mol. The normalized spacial score (nSPS) is 18.0. The van der Waals surface area contributed by atoms with E-state index in [9.17, 15) is 0 Å². The summed E-state index contributed by atoms with van der Waals surface area (Å²) in [4.78, 5) is 9.18. The smallest absolute Gasteiger partial charge is 0.0907 e. The molecular formula is C15H21N3. The van der Waals surface area contributed by atoms with Gasteiger partial charge in [0, 0.05) is 38.4 Å². The maximum atomic E-state index is 4.63. The molecule has 0 aliphatic carbocycles. The van der Waals surface area contributed by atoms with E-state index in [1.54, 1.807) is 0 Å². The van der Waals surface area contributed by atoms with Gasteiger partial charge in [-0.1, -0.05) is 6.07 Å². The Balaban J connectivity index is 2.05. The molecule has 0 atom stereocenters. The zero-order chi connectivity index (χ0) is 12.5. The summed E-state index contributed by atoms with van der Waals surface area (Å²) in [6, 6.07) is 4.47. The largest absolute Gasteiger partial charge is 0.371 e. The highest BCUT2D eigenvalue weighted by Crippen LogP contribution is 2.40. The predicted octanol–water partition coefficient (Wildman–Crippen LogP) is 2.61. The lowest BCUT2D eigenvalue weighted by atomic mass is 9.91. The van der Waals surface area contributed by atoms with Crippen molar-refractivity contribution in [1.82, 2.24) is 4.90 Å². The standard InChI is InChI=1S/C15H21N3/c1-17(2)11-16-14-8-7-12-5-3-9-18-10-4-6-13(14)15(12)18/h7-8,11H,3-6,9-10H2,1-2H3. The third-order valence-corrected chi connectivity index (χ3v) is 3.81. The molecule has 0 saturated heterocycles. The van der Waals surface area contributed by atoms with Crippen LogP contribution in [0.1, 0.15) is 24.0 Å². The van der Waals surface area contributed by atoms with Gasteiger partial charge in [-0.15, -0.1) is 0 Å². The first kappa shape index (κ1) is 11.6. The fourth-order valence-corrected chi connectivity index (χ4v) is 3.06. The van der Waals surface area contributed by atoms with Crippen molar-refractivity contribution in [2.45, 2.75) is 25.7 Å². The van der Waals surface area contributed by atoms with E-state index in [4.69, 9.17) is 0 Å². The minimum absolute atomic E-state index is 1.16. The number of benzene rings is 1. The molecule has 0 bridgehead atoms. The van der Waals surface area contributed by atoms with E-state index in [0.29, 0.717) is 0 Å². The minimum atomic E-state index is 1.16. The van der Waals surface area contributed by atoms with Crippen molar-refractivity contribution in [3.8, 4) is 0 Å². The van der Waals surface area contributed by atoms with E-state index in [0.717, 1.165) is 5.69 Å². The molecule has 3 heteroatoms. The third kappa shape index (κ3) is 1.98. The summed E-state index contributed by atoms with van der Waals surface area (Å²) in [5, 5.41) is 0. The van der Waals surface area contributed by atoms with Crippen molar-refractivity contribution < 1.29 is 0 Å². The van der Waals surface area contributed by atoms with Gasteiger partial charge >= 0.3 is 0 Å². The zero-order valence-electron chi connectivity index (χ0n) is 11.3. The molecule has 0 N–H and O–H groups in total. The van der Waals surface area contributed by atoms with E-state index in [2.05, 4.69) is 22.0 Å². The van der Waals surface area contributed by atoms with E-state index in [-0.39, 0.29) is 0 Å². The molecule has 0 unspecified atom stereocenters. The van der Waals surface area contributed by atoms with Crippen molar-refractivity contribution in [1.29, 1.82) is 0 Å². The Hall–Kier alpha value is -1.51. The number of hydrogen-bond acceptors (Lipinski definition) is 2. The van der Waals surface area contributed by atoms with Crippen LogP contribution in [0.3, 0.4) is 0 Å². The lowest BCUT2D eigenvalue weighted by Gasteiger charge is -2.37. The molecule has 18 heavy (non-hydrogen) atoms. The molecule has 2 aliphatic heterocycles. The Bertz CT molecular complexity index is 475. The van der Waals surface area contributed by atoms with Gasteiger partial charge in [-0.05, 0) is 37.3 Å². The first-order chi connectivity index (χ1) is 8.75. The third-order valence-electron chi connectivity index (χ3n) is 3.81. The SMILES string of the molecule is CN(C)C=Nc1ccc2c3c1CCCN3CCC2. The lowest BCUT2D eigenvalue weighted by molar-refractivity contribution is 0.632. The molecule has 96 valence electrons. The summed E-state index contributed by atoms with van der Waals surface area (Å²) in [6.45, 7) is 2.45. The number of aliphatic imine (C=N–C) groups is 1. The van der Waals surface area contributed by atoms with E-state index >= 15 is 0 Å². The topological polar surface area (TPSA) is 18.8 Å². The van der Waals surface area contributed by atoms with Gasteiger partial charge in [0.15, 0.2) is 0 Å². The van der Waals surface area contributed by atoms with Crippen LogP contribution in [0.15, 0.2) is 17.1 Å². The van der Waals surface area contributed by atoms with Crippen molar-refractivity contribution in [3.63, 3.8) is 0 Å². The Morgan fingerprint density at radius 1 is 1.17 bits per heavy atom. The van der Waals surface area contributed by atoms with E-state index in [1.807, 2.05) is 25.3 Å². The van der Waals surface area contributed by atoms with Crippen LogP contribution in [0.2, 0.25) is 0 Å². The second kappa shape index (κ2) is 4.63. The van der Waals surface area contributed by atoms with Crippen molar-refractivity contribution in [3.05, 3.63) is 23.3 Å². The van der Waals surface area contributed by atoms with Gasteiger partial charge in [0.25, 0.3) is 0 Å². The average Bonchev–Trinajstić information content (AvgIpc) is 2.38. The van der Waals surface area contributed by atoms with Crippen LogP contribution in [0.5, 0.6) is 0 Å². The van der Waals surface area contributed by atoms with Gasteiger partial charge in [-0.3, -0.25) is 0 Å². The van der Waals surface area contributed by atoms with E-state index in [1.165, 1.54) is 55.6 Å². The van der Waals surface area contributed by atoms with Gasteiger partial charge in [0.2, 0.25) is 0 Å². The molecule has 0 spiro atoms. The molecule has 0 amide bonds. The summed E-state index contributed by atoms with van der Waals surface area (Å²) >= 11 is 0. The van der Waals surface area contributed by atoms with Gasteiger partial charge < -0.3 is 9.80 Å². The Kier molecular flexibility index (Phi) is 2.98. The summed E-state index contributed by atoms with van der Waals surface area (Å²) < 4.78 is 0. The molecule has 3 rings (SSSR count). The van der Waals surface area contributed by atoms with Gasteiger partial charge in [0.05, 0.1) is 12.0 Å². The number of rotatable bonds is 2. The maximum absolute atomic E-state index is 4.63. The van der Waals surface area contributed by atoms with E-state index < -0.39 is 0 Å². The molecule has 0 radical (unpaired) electrons. The lowest BCUT2D eigenvalue weighted by Crippen LogP contribution is -2.34. The molecule has 2 heterocycles. The summed E-state index contributed by atoms with van der Waals surface area (Å²) in [6.07, 6.45) is 6.88. The van der Waals surface area contributed by atoms with Crippen LogP contribution < -0.4 is 4.90 Å². The highest BCUT2D eigenvalue weighted by molar-refractivity contribution is 5.73. The second-order valence-electron chi connectivity index (χ2n) is 5.47. The quantitative estimate of drug-likeness (QED) is 0.587. The summed E-state index contributed by atoms with van der Waals surface area (Å²) in [5.74, 6) is 0. The molecule has 0 fully saturated rings. The van der Waals surface area contributed by atoms with Crippen molar-refractivity contribution in [2.24, 2.45) is 4.99 Å². The summed E-state index contributed by atoms with van der Waals surface area (Å²) in [5.41, 5.74) is 5.66. The van der Waals surface area contributed by atoms with Crippen LogP contribution in [-0.4, -0.2) is 38.4 Å². The fraction of sp³-hybridized carbons (Fsp3) is 0.533. The van der Waals surface area contributed by atoms with Gasteiger partial charge in [0.1, 0.15) is 0 Å². The highest BCUT2D eigenvalue weighted by Gasteiger charge is 2.25. The highest BCUT2D eigenvalue weighted by atomic mass is 15.1. The fourth-order valence-electron chi connectivity index (χ4n) is 3.06. The van der Waals surface area contributed by atoms with Crippen molar-refractivity contribution >= 4 is 17.7 Å². The molecule has 2 aliphatic rings. The van der Waals surface area contributed by atoms with Crippen LogP contribution in [-0.2, 0) is 12.8 Å². The average molecular weight is 243 g/mol. The number of anilines is 1. The molecule has 1 aromatic rings. The first-order valence-electron chi connectivity index (χ1n) is 6.86. The molecule has 0 aromatic heterocycles. The first-order valence-corrected chi connectivity index (χ1v) is 6.86. The molecule has 1 aromatic carbocycles. The molecule has 3 nitrogen and oxygen atoms in total. The second-order valence-corrected chi connectivity index (χ2v) is 5.47. The van der Waals surface area contributed by atoms with Crippen LogP contribution >= 0.6 is 0 Å². The Morgan fingerprint density at radius 2 is 1.94 bits per heavy atom. The molecule has 0 saturated carbocycles. The summed E-state index contributed by atoms with van der Waals surface area (Å²) in [7, 11) is 4.03. The van der Waals surface area contributed by atoms with Crippen LogP contribution in [0.25, 0.3) is 0 Å². The minimum Gasteiger partial charge on any atom is -0.371 e. The number of nitrogens with zero attached hydrogens (tertiary/aromatic N) is 3. The van der Waals surface area contributed by atoms with Gasteiger partial charge in [-0.25, -0.2) is 4.99 Å². The number of aryl methyl sites for hydroxylation is 1. The molecular weight excluding hydrogens is 222 g/mol. The van der Waals surface area contributed by atoms with Crippen LogP contribution in [0, 0.1) is 0 Å². The monoisotopic (exact) mass is 243 g/mol. The Morgan fingerprint density at radius 3 is 2.72 bits per heavy atom. The Labute approximate surface area is 109 Å². The van der Waals surface area contributed by atoms with Gasteiger partial charge in [-0.2, -0.15) is 0 Å². The zero-order valence-corrected chi connectivity index (χ0v) is 11.3. The van der Waals surface area contributed by atoms with Crippen molar-refractivity contribution in [2.75, 3.05) is 32.1 Å². The van der Waals surface area contributed by atoms with Crippen LogP contribution in [0.4, 0.5) is 11.4 Å².